The Morgan fingerprint density at radius 3 is 2.41 bits per heavy atom. The van der Waals surface area contributed by atoms with Gasteiger partial charge in [0.2, 0.25) is 5.78 Å². The van der Waals surface area contributed by atoms with Crippen LogP contribution in [-0.2, 0) is 0 Å². The first-order chi connectivity index (χ1) is 7.99. The topological polar surface area (TPSA) is 17.1 Å². The molecule has 0 atom stereocenters. The van der Waals surface area contributed by atoms with Crippen LogP contribution in [0, 0.1) is 20.8 Å². The Morgan fingerprint density at radius 1 is 1.18 bits per heavy atom. The van der Waals surface area contributed by atoms with E-state index in [-0.39, 0.29) is 5.78 Å². The van der Waals surface area contributed by atoms with Gasteiger partial charge in [0.15, 0.2) is 0 Å². The zero-order valence-corrected chi connectivity index (χ0v) is 11.6. The maximum atomic E-state index is 12.3. The van der Waals surface area contributed by atoms with Crippen molar-refractivity contribution < 1.29 is 4.79 Å². The van der Waals surface area contributed by atoms with E-state index in [4.69, 9.17) is 11.6 Å². The summed E-state index contributed by atoms with van der Waals surface area (Å²) in [5.41, 5.74) is 2.67. The lowest BCUT2D eigenvalue weighted by atomic mass is 10.1. The van der Waals surface area contributed by atoms with Crippen molar-refractivity contribution in [3.05, 3.63) is 55.7 Å². The molecule has 0 radical (unpaired) electrons. The Kier molecular flexibility index (Phi) is 3.36. The first-order valence-corrected chi connectivity index (χ1v) is 6.56. The number of carbonyl (C=O) groups is 1. The molecule has 0 bridgehead atoms. The summed E-state index contributed by atoms with van der Waals surface area (Å²) in [6.07, 6.45) is 0. The van der Waals surface area contributed by atoms with Gasteiger partial charge in [-0.15, -0.1) is 11.3 Å². The molecule has 0 N–H and O–H groups in total. The minimum Gasteiger partial charge on any atom is -0.288 e. The third-order valence-corrected chi connectivity index (χ3v) is 4.08. The van der Waals surface area contributed by atoms with Crippen LogP contribution in [0.5, 0.6) is 0 Å². The van der Waals surface area contributed by atoms with E-state index in [0.29, 0.717) is 10.6 Å². The minimum absolute atomic E-state index is 0.0191. The highest BCUT2D eigenvalue weighted by Crippen LogP contribution is 2.27. The second-order valence-corrected chi connectivity index (χ2v) is 5.85. The fraction of sp³-hybridized carbons (Fsp3) is 0.214. The van der Waals surface area contributed by atoms with Crippen molar-refractivity contribution >= 4 is 28.7 Å². The van der Waals surface area contributed by atoms with Crippen LogP contribution in [0.4, 0.5) is 0 Å². The molecule has 2 aromatic rings. The number of ketones is 1. The van der Waals surface area contributed by atoms with Gasteiger partial charge in [-0.05, 0) is 50.1 Å². The number of hydrogen-bond acceptors (Lipinski definition) is 2. The van der Waals surface area contributed by atoms with Crippen LogP contribution in [-0.4, -0.2) is 5.78 Å². The van der Waals surface area contributed by atoms with E-state index in [0.717, 1.165) is 20.9 Å². The summed E-state index contributed by atoms with van der Waals surface area (Å²) in [6.45, 7) is 5.92. The van der Waals surface area contributed by atoms with Crippen LogP contribution in [0.15, 0.2) is 24.3 Å². The van der Waals surface area contributed by atoms with Crippen molar-refractivity contribution in [2.45, 2.75) is 20.8 Å². The van der Waals surface area contributed by atoms with E-state index < -0.39 is 0 Å². The lowest BCUT2D eigenvalue weighted by molar-refractivity contribution is 0.104. The van der Waals surface area contributed by atoms with Crippen molar-refractivity contribution in [3.8, 4) is 0 Å². The van der Waals surface area contributed by atoms with Gasteiger partial charge in [0.1, 0.15) is 0 Å². The van der Waals surface area contributed by atoms with E-state index in [1.807, 2.05) is 39.0 Å². The smallest absolute Gasteiger partial charge is 0.204 e. The number of aryl methyl sites for hydroxylation is 3. The van der Waals surface area contributed by atoms with Gasteiger partial charge < -0.3 is 0 Å². The third kappa shape index (κ3) is 2.43. The first-order valence-electron chi connectivity index (χ1n) is 5.37. The summed E-state index contributed by atoms with van der Waals surface area (Å²) in [5.74, 6) is 0.0191. The number of carbonyl (C=O) groups excluding carboxylic acids is 1. The molecule has 0 amide bonds. The highest BCUT2D eigenvalue weighted by molar-refractivity contribution is 7.14. The molecule has 0 aliphatic rings. The molecule has 0 aliphatic heterocycles. The average Bonchev–Trinajstić information content (AvgIpc) is 2.57. The van der Waals surface area contributed by atoms with Gasteiger partial charge in [0.25, 0.3) is 0 Å². The summed E-state index contributed by atoms with van der Waals surface area (Å²) < 4.78 is 0. The largest absolute Gasteiger partial charge is 0.288 e. The SMILES string of the molecule is Cc1ccc(C(=O)c2sc(C)cc2C)c(Cl)c1. The van der Waals surface area contributed by atoms with Crippen molar-refractivity contribution in [1.82, 2.24) is 0 Å². The minimum atomic E-state index is 0.0191. The van der Waals surface area contributed by atoms with E-state index >= 15 is 0 Å². The lowest BCUT2D eigenvalue weighted by Crippen LogP contribution is -2.01. The van der Waals surface area contributed by atoms with E-state index in [1.165, 1.54) is 11.3 Å². The fourth-order valence-corrected chi connectivity index (χ4v) is 3.09. The van der Waals surface area contributed by atoms with Crippen molar-refractivity contribution in [2.75, 3.05) is 0 Å². The lowest BCUT2D eigenvalue weighted by Gasteiger charge is -2.03. The van der Waals surface area contributed by atoms with Gasteiger partial charge >= 0.3 is 0 Å². The second kappa shape index (κ2) is 4.63. The molecule has 0 aliphatic carbocycles. The quantitative estimate of drug-likeness (QED) is 0.727. The van der Waals surface area contributed by atoms with Gasteiger partial charge in [-0.1, -0.05) is 17.7 Å². The molecular formula is C14H13ClOS. The Labute approximate surface area is 110 Å². The van der Waals surface area contributed by atoms with Crippen LogP contribution in [0.1, 0.15) is 31.2 Å². The van der Waals surface area contributed by atoms with Crippen LogP contribution >= 0.6 is 22.9 Å². The molecule has 1 aromatic heterocycles. The zero-order valence-electron chi connectivity index (χ0n) is 10.0. The van der Waals surface area contributed by atoms with Gasteiger partial charge in [-0.2, -0.15) is 0 Å². The molecule has 0 saturated carbocycles. The Balaban J connectivity index is 2.47. The molecule has 1 aromatic carbocycles. The number of hydrogen-bond donors (Lipinski definition) is 0. The third-order valence-electron chi connectivity index (χ3n) is 2.62. The van der Waals surface area contributed by atoms with Crippen LogP contribution in [0.2, 0.25) is 5.02 Å². The van der Waals surface area contributed by atoms with Crippen LogP contribution in [0.3, 0.4) is 0 Å². The molecule has 1 nitrogen and oxygen atoms in total. The van der Waals surface area contributed by atoms with Crippen molar-refractivity contribution in [2.24, 2.45) is 0 Å². The summed E-state index contributed by atoms with van der Waals surface area (Å²) in [7, 11) is 0. The van der Waals surface area contributed by atoms with Crippen LogP contribution in [0.25, 0.3) is 0 Å². The zero-order chi connectivity index (χ0) is 12.6. The van der Waals surface area contributed by atoms with Gasteiger partial charge in [-0.25, -0.2) is 0 Å². The summed E-state index contributed by atoms with van der Waals surface area (Å²) in [6, 6.07) is 7.56. The maximum Gasteiger partial charge on any atom is 0.204 e. The van der Waals surface area contributed by atoms with E-state index in [9.17, 15) is 4.79 Å². The maximum absolute atomic E-state index is 12.3. The highest BCUT2D eigenvalue weighted by atomic mass is 35.5. The molecule has 88 valence electrons. The standard InChI is InChI=1S/C14H13ClOS/c1-8-4-5-11(12(15)6-8)13(16)14-9(2)7-10(3)17-14/h4-7H,1-3H3. The number of halogens is 1. The van der Waals surface area contributed by atoms with Gasteiger partial charge in [0.05, 0.1) is 9.90 Å². The summed E-state index contributed by atoms with van der Waals surface area (Å²) >= 11 is 7.64. The van der Waals surface area contributed by atoms with E-state index in [1.54, 1.807) is 6.07 Å². The molecular weight excluding hydrogens is 252 g/mol. The van der Waals surface area contributed by atoms with E-state index in [2.05, 4.69) is 0 Å². The molecule has 1 heterocycles. The first kappa shape index (κ1) is 12.3. The molecule has 0 unspecified atom stereocenters. The number of benzene rings is 1. The molecule has 2 rings (SSSR count). The Morgan fingerprint density at radius 2 is 1.88 bits per heavy atom. The van der Waals surface area contributed by atoms with Gasteiger partial charge in [0, 0.05) is 10.4 Å². The second-order valence-electron chi connectivity index (χ2n) is 4.18. The molecule has 17 heavy (non-hydrogen) atoms. The molecule has 3 heteroatoms. The molecule has 0 saturated heterocycles. The Bertz CT molecular complexity index is 584. The predicted molar refractivity (Wildman–Crippen MR) is 73.4 cm³/mol. The number of rotatable bonds is 2. The Hall–Kier alpha value is -1.12. The van der Waals surface area contributed by atoms with Crippen molar-refractivity contribution in [3.63, 3.8) is 0 Å². The monoisotopic (exact) mass is 264 g/mol. The fourth-order valence-electron chi connectivity index (χ4n) is 1.79. The van der Waals surface area contributed by atoms with Crippen molar-refractivity contribution in [1.29, 1.82) is 0 Å². The summed E-state index contributed by atoms with van der Waals surface area (Å²) in [5, 5.41) is 0.528. The highest BCUT2D eigenvalue weighted by Gasteiger charge is 2.17. The van der Waals surface area contributed by atoms with Gasteiger partial charge in [-0.3, -0.25) is 4.79 Å². The van der Waals surface area contributed by atoms with Crippen LogP contribution < -0.4 is 0 Å². The normalized spacial score (nSPS) is 10.6. The summed E-state index contributed by atoms with van der Waals surface area (Å²) in [4.78, 5) is 14.3. The molecule has 0 fully saturated rings. The number of thiophene rings is 1. The predicted octanol–water partition coefficient (Wildman–Crippen LogP) is 4.56. The molecule has 0 spiro atoms. The average molecular weight is 265 g/mol.